The van der Waals surface area contributed by atoms with Crippen molar-refractivity contribution < 1.29 is 9.15 Å². The standard InChI is InChI=1S/C26H22N4O4/c1-16-8-6-9-18(14-16)24-28-20(17(2)34-24)15-29-25(31)19-10-7-13-27-23(19)30(26(29)32)21-11-4-5-12-22(21)33-3/h4-14H,15H2,1-3H3. The molecule has 5 aromatic rings. The average molecular weight is 454 g/mol. The molecule has 170 valence electrons. The average Bonchev–Trinajstić information content (AvgIpc) is 3.22. The van der Waals surface area contributed by atoms with E-state index in [-0.39, 0.29) is 12.2 Å². The van der Waals surface area contributed by atoms with Gasteiger partial charge in [0, 0.05) is 11.8 Å². The zero-order valence-corrected chi connectivity index (χ0v) is 19.0. The molecule has 5 rings (SSSR count). The van der Waals surface area contributed by atoms with Crippen LogP contribution in [0.5, 0.6) is 5.75 Å². The SMILES string of the molecule is COc1ccccc1-n1c(=O)n(Cc2nc(-c3cccc(C)c3)oc2C)c(=O)c2cccnc21. The second kappa shape index (κ2) is 8.47. The normalized spacial score (nSPS) is 11.1. The Morgan fingerprint density at radius 3 is 2.62 bits per heavy atom. The first-order valence-corrected chi connectivity index (χ1v) is 10.7. The largest absolute Gasteiger partial charge is 0.495 e. The molecule has 8 heteroatoms. The molecule has 0 aliphatic heterocycles. The van der Waals surface area contributed by atoms with Crippen LogP contribution in [0.1, 0.15) is 17.0 Å². The number of ether oxygens (including phenoxy) is 1. The van der Waals surface area contributed by atoms with Crippen molar-refractivity contribution in [3.8, 4) is 22.9 Å². The Balaban J connectivity index is 1.70. The highest BCUT2D eigenvalue weighted by Gasteiger charge is 2.20. The van der Waals surface area contributed by atoms with Crippen LogP contribution in [0.4, 0.5) is 0 Å². The molecule has 0 atom stereocenters. The van der Waals surface area contributed by atoms with Crippen LogP contribution >= 0.6 is 0 Å². The highest BCUT2D eigenvalue weighted by molar-refractivity contribution is 5.76. The van der Waals surface area contributed by atoms with Gasteiger partial charge in [0.15, 0.2) is 5.65 Å². The van der Waals surface area contributed by atoms with Gasteiger partial charge in [-0.1, -0.05) is 29.8 Å². The highest BCUT2D eigenvalue weighted by atomic mass is 16.5. The van der Waals surface area contributed by atoms with E-state index < -0.39 is 11.2 Å². The van der Waals surface area contributed by atoms with Crippen LogP contribution in [0.2, 0.25) is 0 Å². The molecule has 34 heavy (non-hydrogen) atoms. The maximum Gasteiger partial charge on any atom is 0.337 e. The van der Waals surface area contributed by atoms with E-state index >= 15 is 0 Å². The Morgan fingerprint density at radius 2 is 1.82 bits per heavy atom. The van der Waals surface area contributed by atoms with E-state index in [1.54, 1.807) is 43.5 Å². The number of rotatable bonds is 5. The third kappa shape index (κ3) is 3.59. The Kier molecular flexibility index (Phi) is 5.33. The Bertz CT molecular complexity index is 1650. The molecule has 8 nitrogen and oxygen atoms in total. The lowest BCUT2D eigenvalue weighted by molar-refractivity contribution is 0.412. The zero-order chi connectivity index (χ0) is 23.8. The van der Waals surface area contributed by atoms with Crippen molar-refractivity contribution in [2.45, 2.75) is 20.4 Å². The van der Waals surface area contributed by atoms with Crippen LogP contribution in [0, 0.1) is 13.8 Å². The molecule has 3 heterocycles. The number of oxazole rings is 1. The van der Waals surface area contributed by atoms with Gasteiger partial charge in [0.05, 0.1) is 24.7 Å². The summed E-state index contributed by atoms with van der Waals surface area (Å²) in [5, 5.41) is 0.313. The molecule has 0 fully saturated rings. The number of hydrogen-bond acceptors (Lipinski definition) is 6. The first kappa shape index (κ1) is 21.4. The monoisotopic (exact) mass is 454 g/mol. The van der Waals surface area contributed by atoms with Gasteiger partial charge in [0.2, 0.25) is 5.89 Å². The van der Waals surface area contributed by atoms with Crippen LogP contribution in [0.25, 0.3) is 28.2 Å². The van der Waals surface area contributed by atoms with Crippen molar-refractivity contribution >= 4 is 11.0 Å². The topological polar surface area (TPSA) is 92.1 Å². The van der Waals surface area contributed by atoms with Crippen LogP contribution in [0.15, 0.2) is 80.9 Å². The van der Waals surface area contributed by atoms with Crippen LogP contribution in [-0.2, 0) is 6.54 Å². The second-order valence-electron chi connectivity index (χ2n) is 7.95. The number of methoxy groups -OCH3 is 1. The molecule has 0 spiro atoms. The summed E-state index contributed by atoms with van der Waals surface area (Å²) in [6.07, 6.45) is 1.55. The summed E-state index contributed by atoms with van der Waals surface area (Å²) in [5.74, 6) is 1.47. The minimum absolute atomic E-state index is 0.0429. The van der Waals surface area contributed by atoms with Crippen molar-refractivity contribution in [2.75, 3.05) is 7.11 Å². The lowest BCUT2D eigenvalue weighted by Crippen LogP contribution is -2.40. The summed E-state index contributed by atoms with van der Waals surface area (Å²) in [5.41, 5.74) is 2.17. The predicted octanol–water partition coefficient (Wildman–Crippen LogP) is 3.88. The summed E-state index contributed by atoms with van der Waals surface area (Å²) in [4.78, 5) is 36.0. The molecule has 0 N–H and O–H groups in total. The van der Waals surface area contributed by atoms with Gasteiger partial charge < -0.3 is 9.15 Å². The number of pyridine rings is 1. The Morgan fingerprint density at radius 1 is 1.00 bits per heavy atom. The minimum Gasteiger partial charge on any atom is -0.495 e. The van der Waals surface area contributed by atoms with Gasteiger partial charge >= 0.3 is 5.69 Å². The Hall–Kier alpha value is -4.46. The number of hydrogen-bond donors (Lipinski definition) is 0. The van der Waals surface area contributed by atoms with E-state index in [0.717, 1.165) is 15.7 Å². The molecule has 0 saturated heterocycles. The molecule has 3 aromatic heterocycles. The lowest BCUT2D eigenvalue weighted by atomic mass is 10.1. The fraction of sp³-hybridized carbons (Fsp3) is 0.154. The quantitative estimate of drug-likeness (QED) is 0.400. The summed E-state index contributed by atoms with van der Waals surface area (Å²) in [6, 6.07) is 18.2. The van der Waals surface area contributed by atoms with Gasteiger partial charge in [0.25, 0.3) is 5.56 Å². The molecule has 0 bridgehead atoms. The maximum atomic E-state index is 13.7. The smallest absolute Gasteiger partial charge is 0.337 e. The number of nitrogens with zero attached hydrogens (tertiary/aromatic N) is 4. The number of aryl methyl sites for hydroxylation is 2. The predicted molar refractivity (Wildman–Crippen MR) is 129 cm³/mol. The third-order valence-electron chi connectivity index (χ3n) is 5.69. The molecular weight excluding hydrogens is 432 g/mol. The molecule has 0 unspecified atom stereocenters. The van der Waals surface area contributed by atoms with Crippen LogP contribution in [0.3, 0.4) is 0 Å². The molecular formula is C26H22N4O4. The van der Waals surface area contributed by atoms with Gasteiger partial charge in [-0.15, -0.1) is 0 Å². The first-order valence-electron chi connectivity index (χ1n) is 10.7. The zero-order valence-electron chi connectivity index (χ0n) is 19.0. The number of para-hydroxylation sites is 2. The van der Waals surface area contributed by atoms with E-state index in [9.17, 15) is 9.59 Å². The molecule has 0 radical (unpaired) electrons. The summed E-state index contributed by atoms with van der Waals surface area (Å²) in [7, 11) is 1.53. The van der Waals surface area contributed by atoms with Gasteiger partial charge in [-0.2, -0.15) is 0 Å². The van der Waals surface area contributed by atoms with E-state index in [1.165, 1.54) is 11.7 Å². The first-order chi connectivity index (χ1) is 16.5. The van der Waals surface area contributed by atoms with Crippen molar-refractivity contribution in [1.29, 1.82) is 0 Å². The van der Waals surface area contributed by atoms with Gasteiger partial charge in [0.1, 0.15) is 17.2 Å². The van der Waals surface area contributed by atoms with Crippen molar-refractivity contribution in [2.24, 2.45) is 0 Å². The molecule has 0 saturated carbocycles. The van der Waals surface area contributed by atoms with Crippen molar-refractivity contribution in [3.63, 3.8) is 0 Å². The minimum atomic E-state index is -0.541. The third-order valence-corrected chi connectivity index (χ3v) is 5.69. The Labute approximate surface area is 194 Å². The van der Waals surface area contributed by atoms with Gasteiger partial charge in [-0.25, -0.2) is 19.3 Å². The van der Waals surface area contributed by atoms with E-state index in [0.29, 0.717) is 34.2 Å². The summed E-state index contributed by atoms with van der Waals surface area (Å²) >= 11 is 0. The van der Waals surface area contributed by atoms with E-state index in [1.807, 2.05) is 37.3 Å². The van der Waals surface area contributed by atoms with E-state index in [2.05, 4.69) is 9.97 Å². The van der Waals surface area contributed by atoms with Crippen LogP contribution < -0.4 is 16.0 Å². The van der Waals surface area contributed by atoms with Gasteiger partial charge in [-0.05, 0) is 50.2 Å². The van der Waals surface area contributed by atoms with Crippen molar-refractivity contribution in [1.82, 2.24) is 19.1 Å². The van der Waals surface area contributed by atoms with Gasteiger partial charge in [-0.3, -0.25) is 9.36 Å². The van der Waals surface area contributed by atoms with Crippen LogP contribution in [-0.4, -0.2) is 26.2 Å². The summed E-state index contributed by atoms with van der Waals surface area (Å²) < 4.78 is 13.9. The number of aromatic nitrogens is 4. The van der Waals surface area contributed by atoms with E-state index in [4.69, 9.17) is 9.15 Å². The fourth-order valence-electron chi connectivity index (χ4n) is 3.98. The molecule has 0 amide bonds. The second-order valence-corrected chi connectivity index (χ2v) is 7.95. The number of fused-ring (bicyclic) bond motifs is 1. The maximum absolute atomic E-state index is 13.7. The molecule has 2 aromatic carbocycles. The summed E-state index contributed by atoms with van der Waals surface area (Å²) in [6.45, 7) is 3.72. The fourth-order valence-corrected chi connectivity index (χ4v) is 3.98. The molecule has 0 aliphatic carbocycles. The number of benzene rings is 2. The highest BCUT2D eigenvalue weighted by Crippen LogP contribution is 2.24. The molecule has 0 aliphatic rings. The van der Waals surface area contributed by atoms with Crippen molar-refractivity contribution in [3.05, 3.63) is 105 Å². The lowest BCUT2D eigenvalue weighted by Gasteiger charge is -2.15.